The molecule has 0 radical (unpaired) electrons. The Morgan fingerprint density at radius 3 is 2.87 bits per heavy atom. The molecule has 0 aliphatic carbocycles. The standard InChI is InChI=1S/C18H18FNO3/c1-22-14-6-4-5-13(11-14)18(21)20-9-10-23-17(12-20)15-7-2-3-8-16(15)19/h2-8,11,17H,9-10,12H2,1H3. The van der Waals surface area contributed by atoms with Gasteiger partial charge in [-0.3, -0.25) is 4.79 Å². The van der Waals surface area contributed by atoms with Gasteiger partial charge in [0.15, 0.2) is 0 Å². The Kier molecular flexibility index (Phi) is 4.57. The van der Waals surface area contributed by atoms with Gasteiger partial charge in [-0.1, -0.05) is 24.3 Å². The molecule has 1 aliphatic rings. The second-order valence-corrected chi connectivity index (χ2v) is 5.36. The summed E-state index contributed by atoms with van der Waals surface area (Å²) in [6.45, 7) is 1.20. The molecular weight excluding hydrogens is 297 g/mol. The van der Waals surface area contributed by atoms with Crippen molar-refractivity contribution in [1.82, 2.24) is 4.90 Å². The van der Waals surface area contributed by atoms with E-state index in [9.17, 15) is 9.18 Å². The van der Waals surface area contributed by atoms with E-state index in [4.69, 9.17) is 9.47 Å². The fourth-order valence-corrected chi connectivity index (χ4v) is 2.70. The van der Waals surface area contributed by atoms with Crippen LogP contribution < -0.4 is 4.74 Å². The fraction of sp³-hybridized carbons (Fsp3) is 0.278. The number of benzene rings is 2. The summed E-state index contributed by atoms with van der Waals surface area (Å²) in [4.78, 5) is 14.3. The quantitative estimate of drug-likeness (QED) is 0.874. The number of halogens is 1. The number of hydrogen-bond donors (Lipinski definition) is 0. The van der Waals surface area contributed by atoms with E-state index in [0.29, 0.717) is 36.6 Å². The topological polar surface area (TPSA) is 38.8 Å². The Balaban J connectivity index is 1.78. The summed E-state index contributed by atoms with van der Waals surface area (Å²) < 4.78 is 24.7. The number of hydrogen-bond acceptors (Lipinski definition) is 3. The highest BCUT2D eigenvalue weighted by Gasteiger charge is 2.27. The Bertz CT molecular complexity index is 704. The minimum atomic E-state index is -0.445. The lowest BCUT2D eigenvalue weighted by atomic mass is 10.1. The molecule has 120 valence electrons. The zero-order valence-corrected chi connectivity index (χ0v) is 12.9. The van der Waals surface area contributed by atoms with Crippen molar-refractivity contribution in [3.63, 3.8) is 0 Å². The highest BCUT2D eigenvalue weighted by Crippen LogP contribution is 2.25. The molecule has 0 bridgehead atoms. The summed E-state index contributed by atoms with van der Waals surface area (Å²) in [5.41, 5.74) is 1.04. The van der Waals surface area contributed by atoms with Crippen LogP contribution in [0.2, 0.25) is 0 Å². The van der Waals surface area contributed by atoms with Gasteiger partial charge in [-0.2, -0.15) is 0 Å². The zero-order chi connectivity index (χ0) is 16.2. The maximum absolute atomic E-state index is 13.9. The fourth-order valence-electron chi connectivity index (χ4n) is 2.70. The predicted molar refractivity (Wildman–Crippen MR) is 84.0 cm³/mol. The van der Waals surface area contributed by atoms with Crippen LogP contribution in [-0.4, -0.2) is 37.6 Å². The van der Waals surface area contributed by atoms with Crippen molar-refractivity contribution in [3.8, 4) is 5.75 Å². The Hall–Kier alpha value is -2.40. The molecular formula is C18H18FNO3. The van der Waals surface area contributed by atoms with Gasteiger partial charge in [0.25, 0.3) is 5.91 Å². The summed E-state index contributed by atoms with van der Waals surface area (Å²) in [5.74, 6) is 0.219. The van der Waals surface area contributed by atoms with E-state index in [2.05, 4.69) is 0 Å². The maximum Gasteiger partial charge on any atom is 0.254 e. The van der Waals surface area contributed by atoms with E-state index in [1.54, 1.807) is 54.5 Å². The highest BCUT2D eigenvalue weighted by molar-refractivity contribution is 5.94. The highest BCUT2D eigenvalue weighted by atomic mass is 19.1. The number of nitrogens with zero attached hydrogens (tertiary/aromatic N) is 1. The third-order valence-corrected chi connectivity index (χ3v) is 3.92. The molecule has 1 saturated heterocycles. The van der Waals surface area contributed by atoms with Gasteiger partial charge in [-0.05, 0) is 24.3 Å². The third-order valence-electron chi connectivity index (χ3n) is 3.92. The molecule has 1 aliphatic heterocycles. The normalized spacial score (nSPS) is 17.8. The summed E-state index contributed by atoms with van der Waals surface area (Å²) in [5, 5.41) is 0. The first-order valence-electron chi connectivity index (χ1n) is 7.48. The molecule has 1 unspecified atom stereocenters. The summed E-state index contributed by atoms with van der Waals surface area (Å²) in [6, 6.07) is 13.5. The zero-order valence-electron chi connectivity index (χ0n) is 12.9. The van der Waals surface area contributed by atoms with Gasteiger partial charge >= 0.3 is 0 Å². The van der Waals surface area contributed by atoms with Crippen LogP contribution >= 0.6 is 0 Å². The number of carbonyl (C=O) groups is 1. The Morgan fingerprint density at radius 1 is 1.26 bits per heavy atom. The van der Waals surface area contributed by atoms with Gasteiger partial charge in [-0.25, -0.2) is 4.39 Å². The Labute approximate surface area is 134 Å². The summed E-state index contributed by atoms with van der Waals surface area (Å²) in [7, 11) is 1.56. The lowest BCUT2D eigenvalue weighted by Crippen LogP contribution is -2.42. The average Bonchev–Trinajstić information content (AvgIpc) is 2.61. The number of morpholine rings is 1. The molecule has 2 aromatic rings. The van der Waals surface area contributed by atoms with Crippen LogP contribution in [0, 0.1) is 5.82 Å². The van der Waals surface area contributed by atoms with E-state index in [1.807, 2.05) is 0 Å². The van der Waals surface area contributed by atoms with E-state index in [1.165, 1.54) is 6.07 Å². The molecule has 4 nitrogen and oxygen atoms in total. The minimum Gasteiger partial charge on any atom is -0.497 e. The molecule has 1 amide bonds. The van der Waals surface area contributed by atoms with Crippen LogP contribution in [0.5, 0.6) is 5.75 Å². The number of rotatable bonds is 3. The van der Waals surface area contributed by atoms with E-state index < -0.39 is 6.10 Å². The van der Waals surface area contributed by atoms with Crippen molar-refractivity contribution in [2.45, 2.75) is 6.10 Å². The van der Waals surface area contributed by atoms with Crippen LogP contribution in [0.1, 0.15) is 22.0 Å². The SMILES string of the molecule is COc1cccc(C(=O)N2CCOC(c3ccccc3F)C2)c1. The molecule has 23 heavy (non-hydrogen) atoms. The van der Waals surface area contributed by atoms with Gasteiger partial charge in [0.1, 0.15) is 17.7 Å². The van der Waals surface area contributed by atoms with Crippen molar-refractivity contribution in [1.29, 1.82) is 0 Å². The monoisotopic (exact) mass is 315 g/mol. The minimum absolute atomic E-state index is 0.103. The first-order chi connectivity index (χ1) is 11.2. The number of carbonyl (C=O) groups excluding carboxylic acids is 1. The average molecular weight is 315 g/mol. The van der Waals surface area contributed by atoms with E-state index in [-0.39, 0.29) is 11.7 Å². The number of methoxy groups -OCH3 is 1. The molecule has 2 aromatic carbocycles. The van der Waals surface area contributed by atoms with Crippen molar-refractivity contribution in [3.05, 3.63) is 65.5 Å². The summed E-state index contributed by atoms with van der Waals surface area (Å²) >= 11 is 0. The largest absolute Gasteiger partial charge is 0.497 e. The lowest BCUT2D eigenvalue weighted by molar-refractivity contribution is -0.0243. The number of amides is 1. The van der Waals surface area contributed by atoms with Gasteiger partial charge < -0.3 is 14.4 Å². The molecule has 1 atom stereocenters. The number of ether oxygens (including phenoxy) is 2. The van der Waals surface area contributed by atoms with Crippen molar-refractivity contribution < 1.29 is 18.7 Å². The van der Waals surface area contributed by atoms with Gasteiger partial charge in [0, 0.05) is 17.7 Å². The smallest absolute Gasteiger partial charge is 0.254 e. The molecule has 0 aromatic heterocycles. The molecule has 0 saturated carbocycles. The van der Waals surface area contributed by atoms with Crippen molar-refractivity contribution in [2.24, 2.45) is 0 Å². The van der Waals surface area contributed by atoms with Crippen LogP contribution in [0.3, 0.4) is 0 Å². The first kappa shape index (κ1) is 15.5. The second kappa shape index (κ2) is 6.79. The molecule has 3 rings (SSSR count). The Morgan fingerprint density at radius 2 is 2.09 bits per heavy atom. The molecule has 1 heterocycles. The van der Waals surface area contributed by atoms with Crippen LogP contribution in [0.15, 0.2) is 48.5 Å². The van der Waals surface area contributed by atoms with Crippen molar-refractivity contribution in [2.75, 3.05) is 26.8 Å². The van der Waals surface area contributed by atoms with Crippen LogP contribution in [0.25, 0.3) is 0 Å². The maximum atomic E-state index is 13.9. The van der Waals surface area contributed by atoms with Gasteiger partial charge in [0.05, 0.1) is 20.3 Å². The van der Waals surface area contributed by atoms with E-state index >= 15 is 0 Å². The lowest BCUT2D eigenvalue weighted by Gasteiger charge is -2.33. The molecule has 5 heteroatoms. The molecule has 1 fully saturated rings. The van der Waals surface area contributed by atoms with Crippen LogP contribution in [0.4, 0.5) is 4.39 Å². The van der Waals surface area contributed by atoms with Gasteiger partial charge in [-0.15, -0.1) is 0 Å². The predicted octanol–water partition coefficient (Wildman–Crippen LogP) is 3.05. The first-order valence-corrected chi connectivity index (χ1v) is 7.48. The van der Waals surface area contributed by atoms with Crippen LogP contribution in [-0.2, 0) is 4.74 Å². The van der Waals surface area contributed by atoms with Crippen molar-refractivity contribution >= 4 is 5.91 Å². The molecule has 0 N–H and O–H groups in total. The second-order valence-electron chi connectivity index (χ2n) is 5.36. The third kappa shape index (κ3) is 3.35. The summed E-state index contributed by atoms with van der Waals surface area (Å²) in [6.07, 6.45) is -0.445. The molecule has 0 spiro atoms. The van der Waals surface area contributed by atoms with E-state index in [0.717, 1.165) is 0 Å². The van der Waals surface area contributed by atoms with Gasteiger partial charge in [0.2, 0.25) is 0 Å².